The molecule has 1 aliphatic carbocycles. The fraction of sp³-hybridized carbons (Fsp3) is 0.333. The third-order valence-electron chi connectivity index (χ3n) is 2.73. The van der Waals surface area contributed by atoms with Crippen LogP contribution in [0.4, 0.5) is 4.39 Å². The molecule has 0 saturated carbocycles. The Morgan fingerprint density at radius 1 is 1.53 bits per heavy atom. The maximum atomic E-state index is 13.2. The Kier molecular flexibility index (Phi) is 3.73. The van der Waals surface area contributed by atoms with E-state index in [2.05, 4.69) is 5.92 Å². The topological polar surface area (TPSA) is 26.0 Å². The predicted octanol–water partition coefficient (Wildman–Crippen LogP) is 2.70. The summed E-state index contributed by atoms with van der Waals surface area (Å²) in [6.07, 6.45) is 5.66. The summed E-state index contributed by atoms with van der Waals surface area (Å²) in [4.78, 5) is 0. The second kappa shape index (κ2) is 4.65. The minimum atomic E-state index is -1.31. The Labute approximate surface area is 95.3 Å². The van der Waals surface area contributed by atoms with Crippen molar-refractivity contribution < 1.29 is 4.39 Å². The first-order valence-corrected chi connectivity index (χ1v) is 4.71. The van der Waals surface area contributed by atoms with E-state index in [1.165, 1.54) is 5.56 Å². The molecule has 2 rings (SSSR count). The lowest BCUT2D eigenvalue weighted by molar-refractivity contribution is 0.428. The zero-order valence-electron chi connectivity index (χ0n) is 8.24. The Morgan fingerprint density at radius 3 is 2.93 bits per heavy atom. The van der Waals surface area contributed by atoms with E-state index in [0.29, 0.717) is 5.56 Å². The van der Waals surface area contributed by atoms with E-state index >= 15 is 0 Å². The van der Waals surface area contributed by atoms with Gasteiger partial charge in [0.25, 0.3) is 0 Å². The molecule has 1 aromatic rings. The van der Waals surface area contributed by atoms with Crippen molar-refractivity contribution in [2.24, 2.45) is 5.73 Å². The molecule has 80 valence electrons. The van der Waals surface area contributed by atoms with Gasteiger partial charge >= 0.3 is 0 Å². The monoisotopic (exact) mass is 225 g/mol. The summed E-state index contributed by atoms with van der Waals surface area (Å²) in [7, 11) is 0. The summed E-state index contributed by atoms with van der Waals surface area (Å²) in [5.41, 5.74) is 8.71. The molecule has 0 radical (unpaired) electrons. The number of halogens is 2. The quantitative estimate of drug-likeness (QED) is 0.731. The highest BCUT2D eigenvalue weighted by atomic mass is 35.5. The number of terminal acetylenes is 1. The van der Waals surface area contributed by atoms with Crippen LogP contribution in [0.15, 0.2) is 18.2 Å². The third-order valence-corrected chi connectivity index (χ3v) is 2.73. The summed E-state index contributed by atoms with van der Waals surface area (Å²) < 4.78 is 13.2. The van der Waals surface area contributed by atoms with Gasteiger partial charge in [0.15, 0.2) is 6.17 Å². The molecule has 0 saturated heterocycles. The van der Waals surface area contributed by atoms with E-state index in [-0.39, 0.29) is 18.4 Å². The standard InChI is InChI=1S/C12H12FN.ClH/c1-2-11(13)9-4-3-8-5-6-12(14)10(8)7-9;/h1,3-4,7,11-12H,5-6,14H2;1H. The summed E-state index contributed by atoms with van der Waals surface area (Å²) in [6, 6.07) is 5.54. The van der Waals surface area contributed by atoms with Gasteiger partial charge in [-0.2, -0.15) is 0 Å². The predicted molar refractivity (Wildman–Crippen MR) is 61.6 cm³/mol. The average molecular weight is 226 g/mol. The smallest absolute Gasteiger partial charge is 0.185 e. The minimum Gasteiger partial charge on any atom is -0.324 e. The summed E-state index contributed by atoms with van der Waals surface area (Å²) in [6.45, 7) is 0. The Balaban J connectivity index is 0.00000112. The van der Waals surface area contributed by atoms with Gasteiger partial charge in [0, 0.05) is 6.04 Å². The molecule has 1 aliphatic rings. The van der Waals surface area contributed by atoms with Gasteiger partial charge in [-0.25, -0.2) is 4.39 Å². The molecule has 2 N–H and O–H groups in total. The summed E-state index contributed by atoms with van der Waals surface area (Å²) in [5, 5.41) is 0. The van der Waals surface area contributed by atoms with Crippen LogP contribution in [-0.4, -0.2) is 0 Å². The molecule has 0 fully saturated rings. The van der Waals surface area contributed by atoms with Crippen molar-refractivity contribution in [2.45, 2.75) is 25.1 Å². The molecule has 2 atom stereocenters. The highest BCUT2D eigenvalue weighted by Gasteiger charge is 2.20. The van der Waals surface area contributed by atoms with Gasteiger partial charge in [0.1, 0.15) is 0 Å². The first-order chi connectivity index (χ1) is 6.72. The molecule has 0 spiro atoms. The van der Waals surface area contributed by atoms with E-state index in [9.17, 15) is 4.39 Å². The van der Waals surface area contributed by atoms with E-state index in [1.54, 1.807) is 12.1 Å². The molecule has 1 aromatic carbocycles. The van der Waals surface area contributed by atoms with Crippen molar-refractivity contribution in [3.05, 3.63) is 34.9 Å². The zero-order chi connectivity index (χ0) is 10.1. The third kappa shape index (κ3) is 2.14. The van der Waals surface area contributed by atoms with Crippen molar-refractivity contribution in [1.29, 1.82) is 0 Å². The number of alkyl halides is 1. The largest absolute Gasteiger partial charge is 0.324 e. The van der Waals surface area contributed by atoms with Crippen LogP contribution in [0.5, 0.6) is 0 Å². The number of fused-ring (bicyclic) bond motifs is 1. The lowest BCUT2D eigenvalue weighted by Gasteiger charge is -2.08. The van der Waals surface area contributed by atoms with E-state index in [4.69, 9.17) is 12.2 Å². The molecule has 0 aromatic heterocycles. The van der Waals surface area contributed by atoms with Crippen LogP contribution in [0.25, 0.3) is 0 Å². The fourth-order valence-corrected chi connectivity index (χ4v) is 1.91. The number of rotatable bonds is 1. The van der Waals surface area contributed by atoms with Gasteiger partial charge in [-0.15, -0.1) is 18.8 Å². The van der Waals surface area contributed by atoms with Crippen molar-refractivity contribution in [3.8, 4) is 12.3 Å². The molecule has 2 unspecified atom stereocenters. The van der Waals surface area contributed by atoms with E-state index in [0.717, 1.165) is 18.4 Å². The Morgan fingerprint density at radius 2 is 2.27 bits per heavy atom. The van der Waals surface area contributed by atoms with Crippen LogP contribution in [0, 0.1) is 12.3 Å². The molecule has 15 heavy (non-hydrogen) atoms. The number of benzene rings is 1. The van der Waals surface area contributed by atoms with Crippen molar-refractivity contribution >= 4 is 12.4 Å². The molecule has 0 bridgehead atoms. The lowest BCUT2D eigenvalue weighted by atomic mass is 10.0. The maximum absolute atomic E-state index is 13.2. The molecular weight excluding hydrogens is 213 g/mol. The van der Waals surface area contributed by atoms with Gasteiger partial charge in [-0.3, -0.25) is 0 Å². The van der Waals surface area contributed by atoms with Gasteiger partial charge in [-0.05, 0) is 29.5 Å². The fourth-order valence-electron chi connectivity index (χ4n) is 1.91. The Bertz CT molecular complexity index is 397. The van der Waals surface area contributed by atoms with Gasteiger partial charge in [0.2, 0.25) is 0 Å². The SMILES string of the molecule is C#CC(F)c1ccc2c(c1)C(N)CC2.Cl. The highest BCUT2D eigenvalue weighted by molar-refractivity contribution is 5.85. The average Bonchev–Trinajstić information content (AvgIpc) is 2.59. The zero-order valence-corrected chi connectivity index (χ0v) is 9.06. The normalized spacial score (nSPS) is 19.9. The maximum Gasteiger partial charge on any atom is 0.185 e. The van der Waals surface area contributed by atoms with Crippen molar-refractivity contribution in [3.63, 3.8) is 0 Å². The van der Waals surface area contributed by atoms with Crippen LogP contribution in [0.3, 0.4) is 0 Å². The minimum absolute atomic E-state index is 0. The second-order valence-electron chi connectivity index (χ2n) is 3.63. The second-order valence-corrected chi connectivity index (χ2v) is 3.63. The van der Waals surface area contributed by atoms with Crippen LogP contribution >= 0.6 is 12.4 Å². The lowest BCUT2D eigenvalue weighted by Crippen LogP contribution is -2.05. The summed E-state index contributed by atoms with van der Waals surface area (Å²) in [5.74, 6) is 2.08. The molecule has 0 aliphatic heterocycles. The number of nitrogens with two attached hydrogens (primary N) is 1. The molecule has 1 nitrogen and oxygen atoms in total. The van der Waals surface area contributed by atoms with Crippen LogP contribution in [0.1, 0.15) is 35.3 Å². The first-order valence-electron chi connectivity index (χ1n) is 4.71. The number of hydrogen-bond donors (Lipinski definition) is 1. The summed E-state index contributed by atoms with van der Waals surface area (Å²) >= 11 is 0. The molecular formula is C12H13ClFN. The van der Waals surface area contributed by atoms with Crippen LogP contribution in [0.2, 0.25) is 0 Å². The van der Waals surface area contributed by atoms with E-state index in [1.807, 2.05) is 6.07 Å². The van der Waals surface area contributed by atoms with Gasteiger partial charge in [-0.1, -0.05) is 24.1 Å². The van der Waals surface area contributed by atoms with Gasteiger partial charge in [0.05, 0.1) is 0 Å². The van der Waals surface area contributed by atoms with Crippen molar-refractivity contribution in [2.75, 3.05) is 0 Å². The van der Waals surface area contributed by atoms with Crippen LogP contribution in [-0.2, 0) is 6.42 Å². The molecule has 0 amide bonds. The molecule has 0 heterocycles. The van der Waals surface area contributed by atoms with Gasteiger partial charge < -0.3 is 5.73 Å². The van der Waals surface area contributed by atoms with Crippen LogP contribution < -0.4 is 5.73 Å². The number of aryl methyl sites for hydroxylation is 1. The number of hydrogen-bond acceptors (Lipinski definition) is 1. The van der Waals surface area contributed by atoms with Crippen molar-refractivity contribution in [1.82, 2.24) is 0 Å². The first kappa shape index (κ1) is 12.0. The van der Waals surface area contributed by atoms with E-state index < -0.39 is 6.17 Å². The Hall–Kier alpha value is -1.04. The molecule has 3 heteroatoms. The highest BCUT2D eigenvalue weighted by Crippen LogP contribution is 2.31.